The van der Waals surface area contributed by atoms with E-state index in [4.69, 9.17) is 0 Å². The number of benzene rings is 1. The summed E-state index contributed by atoms with van der Waals surface area (Å²) in [5.41, 5.74) is 2.47. The molecule has 1 aromatic rings. The molecule has 0 bridgehead atoms. The fourth-order valence-electron chi connectivity index (χ4n) is 1.23. The van der Waals surface area contributed by atoms with Crippen molar-refractivity contribution in [1.29, 1.82) is 0 Å². The number of aryl methyl sites for hydroxylation is 1. The van der Waals surface area contributed by atoms with Gasteiger partial charge >= 0.3 is 0 Å². The molecule has 0 saturated heterocycles. The molecule has 0 heterocycles. The third-order valence-electron chi connectivity index (χ3n) is 1.91. The van der Waals surface area contributed by atoms with Gasteiger partial charge in [-0.2, -0.15) is 0 Å². The lowest BCUT2D eigenvalue weighted by atomic mass is 10.0. The Balaban J connectivity index is 2.81. The predicted octanol–water partition coefficient (Wildman–Crippen LogP) is 3.66. The van der Waals surface area contributed by atoms with Crippen LogP contribution in [-0.2, 0) is 6.42 Å². The molecule has 0 saturated carbocycles. The molecule has 2 heteroatoms. The molecule has 0 nitrogen and oxygen atoms in total. The van der Waals surface area contributed by atoms with Crippen molar-refractivity contribution in [2.24, 2.45) is 0 Å². The van der Waals surface area contributed by atoms with Crippen molar-refractivity contribution in [1.82, 2.24) is 0 Å². The van der Waals surface area contributed by atoms with E-state index in [1.807, 2.05) is 12.1 Å². The van der Waals surface area contributed by atoms with Crippen LogP contribution in [0.25, 0.3) is 0 Å². The summed E-state index contributed by atoms with van der Waals surface area (Å²) in [5.74, 6) is 0. The summed E-state index contributed by atoms with van der Waals surface area (Å²) in [6, 6.07) is 6.05. The van der Waals surface area contributed by atoms with Gasteiger partial charge in [0.05, 0.1) is 6.67 Å². The summed E-state index contributed by atoms with van der Waals surface area (Å²) >= 11 is 3.45. The van der Waals surface area contributed by atoms with E-state index in [1.165, 1.54) is 11.1 Å². The molecule has 66 valence electrons. The van der Waals surface area contributed by atoms with Crippen LogP contribution in [0.5, 0.6) is 0 Å². The van der Waals surface area contributed by atoms with Crippen LogP contribution < -0.4 is 0 Å². The molecule has 0 aliphatic carbocycles. The molecule has 0 aromatic heterocycles. The Hall–Kier alpha value is -0.370. The van der Waals surface area contributed by atoms with E-state index in [1.54, 1.807) is 0 Å². The third kappa shape index (κ3) is 2.31. The molecule has 1 rings (SSSR count). The minimum Gasteiger partial charge on any atom is -0.251 e. The minimum atomic E-state index is -0.235. The molecule has 0 amide bonds. The molecular formula is C10H12BrF. The Morgan fingerprint density at radius 3 is 2.75 bits per heavy atom. The van der Waals surface area contributed by atoms with E-state index < -0.39 is 0 Å². The molecule has 0 aliphatic heterocycles. The lowest BCUT2D eigenvalue weighted by Gasteiger charge is -2.06. The highest BCUT2D eigenvalue weighted by atomic mass is 79.9. The summed E-state index contributed by atoms with van der Waals surface area (Å²) in [5, 5.41) is 0. The van der Waals surface area contributed by atoms with Gasteiger partial charge in [-0.25, -0.2) is 0 Å². The van der Waals surface area contributed by atoms with E-state index in [0.717, 1.165) is 10.9 Å². The van der Waals surface area contributed by atoms with Crippen molar-refractivity contribution in [2.75, 3.05) is 6.67 Å². The summed E-state index contributed by atoms with van der Waals surface area (Å²) in [7, 11) is 0. The highest BCUT2D eigenvalue weighted by molar-refractivity contribution is 9.10. The van der Waals surface area contributed by atoms with Crippen LogP contribution in [0.4, 0.5) is 4.39 Å². The summed E-state index contributed by atoms with van der Waals surface area (Å²) in [6.07, 6.45) is 1.44. The fourth-order valence-corrected chi connectivity index (χ4v) is 1.89. The topological polar surface area (TPSA) is 0 Å². The Labute approximate surface area is 80.9 Å². The highest BCUT2D eigenvalue weighted by Gasteiger charge is 2.01. The zero-order valence-corrected chi connectivity index (χ0v) is 8.70. The second kappa shape index (κ2) is 4.61. The van der Waals surface area contributed by atoms with Gasteiger partial charge in [-0.15, -0.1) is 0 Å². The van der Waals surface area contributed by atoms with Crippen molar-refractivity contribution in [2.45, 2.75) is 19.8 Å². The average molecular weight is 231 g/mol. The Morgan fingerprint density at radius 2 is 2.17 bits per heavy atom. The van der Waals surface area contributed by atoms with Crippen molar-refractivity contribution < 1.29 is 4.39 Å². The second-order valence-electron chi connectivity index (χ2n) is 2.83. The van der Waals surface area contributed by atoms with Crippen LogP contribution in [0.2, 0.25) is 0 Å². The highest BCUT2D eigenvalue weighted by Crippen LogP contribution is 2.21. The molecule has 0 spiro atoms. The van der Waals surface area contributed by atoms with Gasteiger partial charge in [0.2, 0.25) is 0 Å². The summed E-state index contributed by atoms with van der Waals surface area (Å²) < 4.78 is 13.0. The van der Waals surface area contributed by atoms with E-state index in [9.17, 15) is 4.39 Å². The van der Waals surface area contributed by atoms with E-state index >= 15 is 0 Å². The van der Waals surface area contributed by atoms with Gasteiger partial charge in [0.1, 0.15) is 0 Å². The van der Waals surface area contributed by atoms with Crippen molar-refractivity contribution in [3.05, 3.63) is 33.8 Å². The summed E-state index contributed by atoms with van der Waals surface area (Å²) in [6.45, 7) is 1.82. The normalized spacial score (nSPS) is 10.2. The van der Waals surface area contributed by atoms with E-state index in [2.05, 4.69) is 28.9 Å². The number of alkyl halides is 1. The number of rotatable bonds is 3. The molecule has 0 N–H and O–H groups in total. The lowest BCUT2D eigenvalue weighted by Crippen LogP contribution is -1.92. The molecule has 0 atom stereocenters. The number of hydrogen-bond acceptors (Lipinski definition) is 0. The molecule has 0 unspecified atom stereocenters. The first-order chi connectivity index (χ1) is 5.75. The Kier molecular flexibility index (Phi) is 3.73. The molecule has 12 heavy (non-hydrogen) atoms. The maximum absolute atomic E-state index is 11.9. The molecular weight excluding hydrogens is 219 g/mol. The SMILES string of the molecule is Cc1cccc(Br)c1CCCF. The monoisotopic (exact) mass is 230 g/mol. The van der Waals surface area contributed by atoms with Gasteiger partial charge in [0.15, 0.2) is 0 Å². The average Bonchev–Trinajstić information content (AvgIpc) is 2.04. The van der Waals surface area contributed by atoms with Crippen molar-refractivity contribution in [3.8, 4) is 0 Å². The number of halogens is 2. The molecule has 0 radical (unpaired) electrons. The van der Waals surface area contributed by atoms with Crippen molar-refractivity contribution in [3.63, 3.8) is 0 Å². The quantitative estimate of drug-likeness (QED) is 0.744. The maximum atomic E-state index is 11.9. The largest absolute Gasteiger partial charge is 0.251 e. The van der Waals surface area contributed by atoms with Gasteiger partial charge in [0.25, 0.3) is 0 Å². The van der Waals surface area contributed by atoms with E-state index in [-0.39, 0.29) is 6.67 Å². The predicted molar refractivity (Wildman–Crippen MR) is 53.2 cm³/mol. The first-order valence-electron chi connectivity index (χ1n) is 4.05. The minimum absolute atomic E-state index is 0.235. The second-order valence-corrected chi connectivity index (χ2v) is 3.68. The van der Waals surface area contributed by atoms with Crippen molar-refractivity contribution >= 4 is 15.9 Å². The van der Waals surface area contributed by atoms with Crippen LogP contribution in [0.1, 0.15) is 17.5 Å². The zero-order valence-electron chi connectivity index (χ0n) is 7.11. The molecule has 1 aromatic carbocycles. The smallest absolute Gasteiger partial charge is 0.0897 e. The van der Waals surface area contributed by atoms with Crippen LogP contribution in [0, 0.1) is 6.92 Å². The maximum Gasteiger partial charge on any atom is 0.0897 e. The third-order valence-corrected chi connectivity index (χ3v) is 2.66. The van der Waals surface area contributed by atoms with Gasteiger partial charge < -0.3 is 0 Å². The van der Waals surface area contributed by atoms with Crippen LogP contribution in [0.15, 0.2) is 22.7 Å². The standard InChI is InChI=1S/C10H12BrF/c1-8-4-2-6-10(11)9(8)5-3-7-12/h2,4,6H,3,5,7H2,1H3. The Morgan fingerprint density at radius 1 is 1.42 bits per heavy atom. The Bertz CT molecular complexity index is 238. The van der Waals surface area contributed by atoms with Crippen LogP contribution in [0.3, 0.4) is 0 Å². The molecule has 0 aliphatic rings. The first-order valence-corrected chi connectivity index (χ1v) is 4.85. The van der Waals surface area contributed by atoms with E-state index in [0.29, 0.717) is 6.42 Å². The van der Waals surface area contributed by atoms with Gasteiger partial charge in [-0.3, -0.25) is 4.39 Å². The van der Waals surface area contributed by atoms with Gasteiger partial charge in [0, 0.05) is 4.47 Å². The summed E-state index contributed by atoms with van der Waals surface area (Å²) in [4.78, 5) is 0. The van der Waals surface area contributed by atoms with Gasteiger partial charge in [-0.1, -0.05) is 28.1 Å². The zero-order chi connectivity index (χ0) is 8.97. The van der Waals surface area contributed by atoms with Gasteiger partial charge in [-0.05, 0) is 37.0 Å². The lowest BCUT2D eigenvalue weighted by molar-refractivity contribution is 0.472. The first kappa shape index (κ1) is 9.72. The van der Waals surface area contributed by atoms with Crippen LogP contribution in [-0.4, -0.2) is 6.67 Å². The number of hydrogen-bond donors (Lipinski definition) is 0. The van der Waals surface area contributed by atoms with Crippen LogP contribution >= 0.6 is 15.9 Å². The molecule has 0 fully saturated rings. The fraction of sp³-hybridized carbons (Fsp3) is 0.400.